The van der Waals surface area contributed by atoms with Crippen LogP contribution in [0.2, 0.25) is 0 Å². The summed E-state index contributed by atoms with van der Waals surface area (Å²) >= 11 is 0. The number of nitrogens with zero attached hydrogens (tertiary/aromatic N) is 4. The number of carbonyl (C=O) groups is 1. The Bertz CT molecular complexity index is 1360. The highest BCUT2D eigenvalue weighted by molar-refractivity contribution is 6.00. The largest absolute Gasteiger partial charge is 0.496 e. The third-order valence-corrected chi connectivity index (χ3v) is 6.38. The molecule has 0 atom stereocenters. The summed E-state index contributed by atoms with van der Waals surface area (Å²) in [5.74, 6) is -0.575. The molecule has 0 unspecified atom stereocenters. The van der Waals surface area contributed by atoms with E-state index in [9.17, 15) is 18.0 Å². The molecule has 0 spiro atoms. The lowest BCUT2D eigenvalue weighted by molar-refractivity contribution is -0.141. The van der Waals surface area contributed by atoms with Crippen LogP contribution in [0.1, 0.15) is 20.0 Å². The lowest BCUT2D eigenvalue weighted by atomic mass is 9.94. The monoisotopic (exact) mass is 507 g/mol. The van der Waals surface area contributed by atoms with E-state index in [1.807, 2.05) is 0 Å². The predicted molar refractivity (Wildman–Crippen MR) is 126 cm³/mol. The number of imidazole rings is 1. The molecule has 1 amide bonds. The Hall–Kier alpha value is -3.31. The van der Waals surface area contributed by atoms with Crippen LogP contribution in [0, 0.1) is 0 Å². The van der Waals surface area contributed by atoms with Gasteiger partial charge in [-0.25, -0.2) is 4.98 Å². The average Bonchev–Trinajstić information content (AvgIpc) is 3.28. The first-order chi connectivity index (χ1) is 18.5. The van der Waals surface area contributed by atoms with Crippen molar-refractivity contribution in [2.75, 3.05) is 59.6 Å². The first kappa shape index (κ1) is 20.8. The van der Waals surface area contributed by atoms with Gasteiger partial charge in [0, 0.05) is 44.0 Å². The highest BCUT2D eigenvalue weighted by atomic mass is 19.4. The van der Waals surface area contributed by atoms with Gasteiger partial charge < -0.3 is 19.1 Å². The van der Waals surface area contributed by atoms with Crippen LogP contribution < -0.4 is 9.47 Å². The summed E-state index contributed by atoms with van der Waals surface area (Å²) in [5.41, 5.74) is 1.92. The van der Waals surface area contributed by atoms with Crippen molar-refractivity contribution >= 4 is 11.6 Å². The minimum absolute atomic E-state index is 0.111. The molecular formula is C25H27F3N4O4. The second kappa shape index (κ2) is 9.98. The summed E-state index contributed by atoms with van der Waals surface area (Å²) in [6, 6.07) is 6.59. The maximum Gasteiger partial charge on any atom is 0.406 e. The molecule has 0 radical (unpaired) electrons. The number of amides is 1. The number of alkyl halides is 3. The van der Waals surface area contributed by atoms with Gasteiger partial charge in [-0.15, -0.1) is 0 Å². The number of hydrogen-bond acceptors (Lipinski definition) is 6. The summed E-state index contributed by atoms with van der Waals surface area (Å²) in [4.78, 5) is 20.3. The molecule has 1 saturated heterocycles. The molecule has 0 saturated carbocycles. The Morgan fingerprint density at radius 3 is 2.81 bits per heavy atom. The standard InChI is InChI=1S/C25H27F3N4O4/c1-34-21-13-18(12-17-2-4-31(16-25(26,27)28)24(33)23(17)21)20-15-29-22-14-19(3-5-32(20)22)36-11-8-30-6-9-35-10-7-30/h3,5,12-15H,2,4,6-11,16H2,1H3/i1D3. The van der Waals surface area contributed by atoms with Crippen molar-refractivity contribution in [3.8, 4) is 22.8 Å². The van der Waals surface area contributed by atoms with Crippen molar-refractivity contribution in [3.63, 3.8) is 0 Å². The molecular weight excluding hydrogens is 477 g/mol. The maximum absolute atomic E-state index is 13.0. The molecule has 11 heteroatoms. The zero-order valence-electron chi connectivity index (χ0n) is 22.4. The van der Waals surface area contributed by atoms with Gasteiger partial charge in [0.1, 0.15) is 30.3 Å². The second-order valence-electron chi connectivity index (χ2n) is 8.74. The molecule has 192 valence electrons. The fourth-order valence-corrected chi connectivity index (χ4v) is 4.61. The molecule has 1 fully saturated rings. The van der Waals surface area contributed by atoms with Crippen molar-refractivity contribution in [2.45, 2.75) is 12.6 Å². The number of methoxy groups -OCH3 is 1. The van der Waals surface area contributed by atoms with E-state index < -0.39 is 25.7 Å². The molecule has 0 bridgehead atoms. The van der Waals surface area contributed by atoms with E-state index in [0.717, 1.165) is 19.6 Å². The molecule has 2 aromatic heterocycles. The van der Waals surface area contributed by atoms with Gasteiger partial charge in [0.05, 0.1) is 41.8 Å². The molecule has 0 N–H and O–H groups in total. The van der Waals surface area contributed by atoms with Gasteiger partial charge in [-0.3, -0.25) is 14.1 Å². The first-order valence-electron chi connectivity index (χ1n) is 13.1. The Balaban J connectivity index is 1.41. The zero-order chi connectivity index (χ0) is 27.8. The third kappa shape index (κ3) is 5.12. The molecule has 36 heavy (non-hydrogen) atoms. The van der Waals surface area contributed by atoms with E-state index >= 15 is 0 Å². The lowest BCUT2D eigenvalue weighted by Gasteiger charge is -2.30. The Morgan fingerprint density at radius 2 is 2.03 bits per heavy atom. The van der Waals surface area contributed by atoms with Crippen LogP contribution in [-0.4, -0.2) is 90.9 Å². The van der Waals surface area contributed by atoms with Gasteiger partial charge >= 0.3 is 6.18 Å². The van der Waals surface area contributed by atoms with Gasteiger partial charge in [0.15, 0.2) is 0 Å². The van der Waals surface area contributed by atoms with Crippen LogP contribution in [0.5, 0.6) is 11.5 Å². The lowest BCUT2D eigenvalue weighted by Crippen LogP contribution is -2.43. The van der Waals surface area contributed by atoms with Crippen molar-refractivity contribution < 1.29 is 36.3 Å². The first-order valence-corrected chi connectivity index (χ1v) is 11.6. The van der Waals surface area contributed by atoms with E-state index in [1.165, 1.54) is 6.07 Å². The van der Waals surface area contributed by atoms with Crippen LogP contribution in [0.15, 0.2) is 36.7 Å². The van der Waals surface area contributed by atoms with Crippen molar-refractivity contribution in [1.29, 1.82) is 0 Å². The van der Waals surface area contributed by atoms with Gasteiger partial charge in [-0.1, -0.05) is 0 Å². The van der Waals surface area contributed by atoms with E-state index in [1.54, 1.807) is 35.0 Å². The van der Waals surface area contributed by atoms with Crippen molar-refractivity contribution in [3.05, 3.63) is 47.8 Å². The Morgan fingerprint density at radius 1 is 1.19 bits per heavy atom. The average molecular weight is 508 g/mol. The second-order valence-corrected chi connectivity index (χ2v) is 8.74. The van der Waals surface area contributed by atoms with Gasteiger partial charge in [0.2, 0.25) is 0 Å². The molecule has 5 rings (SSSR count). The van der Waals surface area contributed by atoms with Gasteiger partial charge in [0.25, 0.3) is 5.91 Å². The molecule has 8 nitrogen and oxygen atoms in total. The predicted octanol–water partition coefficient (Wildman–Crippen LogP) is 3.28. The number of rotatable bonds is 7. The number of fused-ring (bicyclic) bond motifs is 2. The van der Waals surface area contributed by atoms with E-state index in [4.69, 9.17) is 18.3 Å². The topological polar surface area (TPSA) is 68.5 Å². The number of morpholine rings is 1. The van der Waals surface area contributed by atoms with Gasteiger partial charge in [-0.05, 0) is 30.2 Å². The number of carbonyl (C=O) groups excluding carboxylic acids is 1. The summed E-state index contributed by atoms with van der Waals surface area (Å²) in [7, 11) is -2.91. The van der Waals surface area contributed by atoms with E-state index in [0.29, 0.717) is 52.9 Å². The minimum atomic E-state index is -4.58. The molecule has 1 aromatic carbocycles. The Labute approximate surface area is 210 Å². The number of halogens is 3. The number of ether oxygens (including phenoxy) is 3. The molecule has 4 heterocycles. The van der Waals surface area contributed by atoms with Crippen molar-refractivity contribution in [1.82, 2.24) is 19.2 Å². The highest BCUT2D eigenvalue weighted by Crippen LogP contribution is 2.35. The normalized spacial score (nSPS) is 18.5. The minimum Gasteiger partial charge on any atom is -0.496 e. The van der Waals surface area contributed by atoms with E-state index in [2.05, 4.69) is 9.88 Å². The summed E-state index contributed by atoms with van der Waals surface area (Å²) in [6.07, 6.45) is -1.12. The quantitative estimate of drug-likeness (QED) is 0.489. The summed E-state index contributed by atoms with van der Waals surface area (Å²) < 4.78 is 79.7. The smallest absolute Gasteiger partial charge is 0.406 e. The van der Waals surface area contributed by atoms with Gasteiger partial charge in [-0.2, -0.15) is 13.2 Å². The van der Waals surface area contributed by atoms with Crippen LogP contribution in [-0.2, 0) is 11.2 Å². The Kier molecular flexibility index (Phi) is 5.78. The summed E-state index contributed by atoms with van der Waals surface area (Å²) in [6.45, 7) is 2.86. The van der Waals surface area contributed by atoms with Crippen LogP contribution in [0.3, 0.4) is 0 Å². The fourth-order valence-electron chi connectivity index (χ4n) is 4.61. The number of aromatic nitrogens is 2. The fraction of sp³-hybridized carbons (Fsp3) is 0.440. The molecule has 3 aromatic rings. The molecule has 2 aliphatic rings. The van der Waals surface area contributed by atoms with Crippen LogP contribution in [0.4, 0.5) is 13.2 Å². The van der Waals surface area contributed by atoms with Crippen LogP contribution >= 0.6 is 0 Å². The number of hydrogen-bond donors (Lipinski definition) is 0. The van der Waals surface area contributed by atoms with Crippen molar-refractivity contribution in [2.24, 2.45) is 0 Å². The van der Waals surface area contributed by atoms with Crippen LogP contribution in [0.25, 0.3) is 16.9 Å². The SMILES string of the molecule is [2H]C([2H])([2H])Oc1cc(-c2cnc3cc(OCCN4CCOCC4)ccn23)cc2c1C(=O)N(CC(F)(F)F)CC2. The molecule has 2 aliphatic heterocycles. The van der Waals surface area contributed by atoms with E-state index in [-0.39, 0.29) is 24.3 Å². The third-order valence-electron chi connectivity index (χ3n) is 6.38. The number of pyridine rings is 1. The zero-order valence-corrected chi connectivity index (χ0v) is 19.4. The number of benzene rings is 1. The summed E-state index contributed by atoms with van der Waals surface area (Å²) in [5, 5.41) is 0. The highest BCUT2D eigenvalue weighted by Gasteiger charge is 2.37. The maximum atomic E-state index is 13.0. The molecule has 0 aliphatic carbocycles.